The summed E-state index contributed by atoms with van der Waals surface area (Å²) in [6.45, 7) is 10.6. The molecule has 0 saturated heterocycles. The van der Waals surface area contributed by atoms with Crippen LogP contribution in [0.3, 0.4) is 0 Å². The number of fused-ring (bicyclic) bond motifs is 5. The van der Waals surface area contributed by atoms with Crippen LogP contribution >= 0.6 is 0 Å². The molecular formula is C26H39NO3. The van der Waals surface area contributed by atoms with Crippen molar-refractivity contribution < 1.29 is 14.7 Å². The quantitative estimate of drug-likeness (QED) is 0.655. The lowest BCUT2D eigenvalue weighted by Crippen LogP contribution is -2.54. The summed E-state index contributed by atoms with van der Waals surface area (Å²) in [6.07, 6.45) is 12.6. The lowest BCUT2D eigenvalue weighted by Gasteiger charge is -2.57. The van der Waals surface area contributed by atoms with Gasteiger partial charge in [-0.05, 0) is 78.8 Å². The highest BCUT2D eigenvalue weighted by Crippen LogP contribution is 2.64. The Balaban J connectivity index is 1.72. The van der Waals surface area contributed by atoms with E-state index in [0.717, 1.165) is 18.8 Å². The van der Waals surface area contributed by atoms with E-state index < -0.39 is 11.4 Å². The van der Waals surface area contributed by atoms with Crippen LogP contribution in [0.1, 0.15) is 79.6 Å². The minimum Gasteiger partial charge on any atom is -0.478 e. The first-order valence-electron chi connectivity index (χ1n) is 11.8. The zero-order valence-corrected chi connectivity index (χ0v) is 19.6. The van der Waals surface area contributed by atoms with E-state index in [-0.39, 0.29) is 17.4 Å². The van der Waals surface area contributed by atoms with Crippen molar-refractivity contribution in [1.29, 1.82) is 0 Å². The van der Waals surface area contributed by atoms with E-state index in [1.807, 2.05) is 26.8 Å². The van der Waals surface area contributed by atoms with Gasteiger partial charge in [0.25, 0.3) is 0 Å². The predicted molar refractivity (Wildman–Crippen MR) is 119 cm³/mol. The molecule has 4 rings (SSSR count). The molecule has 4 aliphatic rings. The van der Waals surface area contributed by atoms with E-state index in [0.29, 0.717) is 22.8 Å². The Hall–Kier alpha value is -1.58. The van der Waals surface area contributed by atoms with Crippen molar-refractivity contribution in [3.05, 3.63) is 23.3 Å². The van der Waals surface area contributed by atoms with Crippen LogP contribution in [-0.4, -0.2) is 35.0 Å². The van der Waals surface area contributed by atoms with Gasteiger partial charge in [-0.25, -0.2) is 4.79 Å². The Morgan fingerprint density at radius 1 is 1.13 bits per heavy atom. The number of likely N-dealkylation sites (N-methyl/N-ethyl adjacent to an activating group) is 1. The van der Waals surface area contributed by atoms with Crippen molar-refractivity contribution in [2.24, 2.45) is 34.0 Å². The third-order valence-electron chi connectivity index (χ3n) is 9.27. The summed E-state index contributed by atoms with van der Waals surface area (Å²) in [5.41, 5.74) is 1.50. The SMILES string of the molecule is CN(C(=O)C(C)(C)C)C1C[C@@]2(C)C(=CCC3C4CCC[C@@]4(C)CCC32)C=C1C(=O)O. The standard InChI is InChI=1S/C26H39NO3/c1-24(2,3)23(30)27(6)21-15-26(5)16(14-18(21)22(28)29)9-10-17-19-8-7-12-25(19,4)13-11-20(17)26/h9,14,17,19-21H,7-8,10-13,15H2,1-6H3,(H,28,29)/t17?,19?,20?,21?,25-,26-/m0/s1. The van der Waals surface area contributed by atoms with Crippen molar-refractivity contribution >= 4 is 11.9 Å². The van der Waals surface area contributed by atoms with E-state index in [9.17, 15) is 14.7 Å². The number of rotatable bonds is 2. The number of allylic oxidation sites excluding steroid dienone is 3. The Morgan fingerprint density at radius 3 is 2.47 bits per heavy atom. The second-order valence-electron chi connectivity index (χ2n) is 12.1. The number of carbonyl (C=O) groups excluding carboxylic acids is 1. The molecule has 0 aromatic carbocycles. The highest BCUT2D eigenvalue weighted by atomic mass is 16.4. The van der Waals surface area contributed by atoms with Crippen molar-refractivity contribution in [1.82, 2.24) is 4.90 Å². The molecule has 0 radical (unpaired) electrons. The lowest BCUT2D eigenvalue weighted by molar-refractivity contribution is -0.142. The van der Waals surface area contributed by atoms with Crippen LogP contribution in [0.4, 0.5) is 0 Å². The van der Waals surface area contributed by atoms with E-state index in [4.69, 9.17) is 0 Å². The summed E-state index contributed by atoms with van der Waals surface area (Å²) in [4.78, 5) is 26.9. The fourth-order valence-electron chi connectivity index (χ4n) is 7.60. The molecule has 0 aliphatic heterocycles. The van der Waals surface area contributed by atoms with Gasteiger partial charge < -0.3 is 10.0 Å². The average molecular weight is 414 g/mol. The molecule has 1 amide bonds. The zero-order chi connectivity index (χ0) is 22.1. The maximum Gasteiger partial charge on any atom is 0.333 e. The fourth-order valence-corrected chi connectivity index (χ4v) is 7.60. The first kappa shape index (κ1) is 21.6. The van der Waals surface area contributed by atoms with Crippen molar-refractivity contribution in [3.63, 3.8) is 0 Å². The molecule has 2 fully saturated rings. The first-order chi connectivity index (χ1) is 13.9. The maximum atomic E-state index is 13.1. The smallest absolute Gasteiger partial charge is 0.333 e. The first-order valence-corrected chi connectivity index (χ1v) is 11.8. The summed E-state index contributed by atoms with van der Waals surface area (Å²) in [7, 11) is 1.79. The number of aliphatic carboxylic acids is 1. The van der Waals surface area contributed by atoms with Gasteiger partial charge in [-0.1, -0.05) is 47.1 Å². The molecule has 0 aromatic rings. The maximum absolute atomic E-state index is 13.1. The second kappa shape index (κ2) is 6.97. The predicted octanol–water partition coefficient (Wildman–Crippen LogP) is 5.44. The molecule has 0 aromatic heterocycles. The van der Waals surface area contributed by atoms with Crippen LogP contribution in [0.25, 0.3) is 0 Å². The zero-order valence-electron chi connectivity index (χ0n) is 19.6. The molecule has 0 spiro atoms. The number of hydrogen-bond acceptors (Lipinski definition) is 2. The number of amides is 1. The largest absolute Gasteiger partial charge is 0.478 e. The highest BCUT2D eigenvalue weighted by molar-refractivity contribution is 5.91. The Labute approximate surface area is 181 Å². The van der Waals surface area contributed by atoms with Crippen molar-refractivity contribution in [3.8, 4) is 0 Å². The summed E-state index contributed by atoms with van der Waals surface area (Å²) in [6, 6.07) is -0.369. The average Bonchev–Trinajstić information content (AvgIpc) is 3.06. The molecule has 4 nitrogen and oxygen atoms in total. The minimum atomic E-state index is -0.898. The van der Waals surface area contributed by atoms with E-state index in [2.05, 4.69) is 19.9 Å². The summed E-state index contributed by atoms with van der Waals surface area (Å²) < 4.78 is 0. The molecule has 4 aliphatic carbocycles. The van der Waals surface area contributed by atoms with Gasteiger partial charge in [0.05, 0.1) is 11.6 Å². The van der Waals surface area contributed by atoms with Crippen molar-refractivity contribution in [2.45, 2.75) is 85.6 Å². The summed E-state index contributed by atoms with van der Waals surface area (Å²) in [5.74, 6) is 1.19. The molecular weight excluding hydrogens is 374 g/mol. The molecule has 4 unspecified atom stereocenters. The highest BCUT2D eigenvalue weighted by Gasteiger charge is 2.57. The second-order valence-corrected chi connectivity index (χ2v) is 12.1. The molecule has 1 N–H and O–H groups in total. The van der Waals surface area contributed by atoms with Gasteiger partial charge in [0.2, 0.25) is 5.91 Å². The van der Waals surface area contributed by atoms with Crippen LogP contribution in [0.5, 0.6) is 0 Å². The topological polar surface area (TPSA) is 57.6 Å². The fraction of sp³-hybridized carbons (Fsp3) is 0.769. The molecule has 166 valence electrons. The van der Waals surface area contributed by atoms with Gasteiger partial charge in [-0.15, -0.1) is 0 Å². The van der Waals surface area contributed by atoms with Gasteiger partial charge in [0.1, 0.15) is 0 Å². The summed E-state index contributed by atoms with van der Waals surface area (Å²) >= 11 is 0. The van der Waals surface area contributed by atoms with Crippen LogP contribution in [-0.2, 0) is 9.59 Å². The van der Waals surface area contributed by atoms with Crippen LogP contribution in [0.2, 0.25) is 0 Å². The molecule has 30 heavy (non-hydrogen) atoms. The molecule has 4 heteroatoms. The number of carboxylic acids is 1. The third kappa shape index (κ3) is 3.17. The lowest BCUT2D eigenvalue weighted by atomic mass is 9.48. The molecule has 2 saturated carbocycles. The number of carboxylic acid groups (broad SMARTS) is 1. The normalized spacial score (nSPS) is 40.5. The minimum absolute atomic E-state index is 0.00931. The van der Waals surface area contributed by atoms with Gasteiger partial charge in [-0.3, -0.25) is 4.79 Å². The number of nitrogens with zero attached hydrogens (tertiary/aromatic N) is 1. The van der Waals surface area contributed by atoms with Crippen LogP contribution < -0.4 is 0 Å². The number of hydrogen-bond donors (Lipinski definition) is 1. The molecule has 0 heterocycles. The molecule has 6 atom stereocenters. The monoisotopic (exact) mass is 413 g/mol. The van der Waals surface area contributed by atoms with Gasteiger partial charge in [-0.2, -0.15) is 0 Å². The van der Waals surface area contributed by atoms with Crippen molar-refractivity contribution in [2.75, 3.05) is 7.05 Å². The number of carbonyl (C=O) groups is 2. The van der Waals surface area contributed by atoms with Crippen LogP contribution in [0, 0.1) is 34.0 Å². The van der Waals surface area contributed by atoms with E-state index in [1.54, 1.807) is 11.9 Å². The Kier molecular flexibility index (Phi) is 5.03. The van der Waals surface area contributed by atoms with Crippen LogP contribution in [0.15, 0.2) is 23.3 Å². The third-order valence-corrected chi connectivity index (χ3v) is 9.27. The van der Waals surface area contributed by atoms with E-state index in [1.165, 1.54) is 37.7 Å². The van der Waals surface area contributed by atoms with Gasteiger partial charge in [0.15, 0.2) is 0 Å². The molecule has 0 bridgehead atoms. The van der Waals surface area contributed by atoms with E-state index >= 15 is 0 Å². The Morgan fingerprint density at radius 2 is 1.83 bits per heavy atom. The Bertz CT molecular complexity index is 819. The summed E-state index contributed by atoms with van der Waals surface area (Å²) in [5, 5.41) is 9.97. The van der Waals surface area contributed by atoms with Gasteiger partial charge in [0, 0.05) is 12.5 Å². The van der Waals surface area contributed by atoms with Gasteiger partial charge >= 0.3 is 5.97 Å².